The topological polar surface area (TPSA) is 63.2 Å². The van der Waals surface area contributed by atoms with Crippen molar-refractivity contribution in [3.8, 4) is 11.5 Å². The zero-order chi connectivity index (χ0) is 16.5. The average molecular weight is 362 g/mol. The van der Waals surface area contributed by atoms with Crippen LogP contribution in [0.1, 0.15) is 31.2 Å². The molecule has 6 heteroatoms. The maximum atomic E-state index is 9.62. The number of nitrogens with zero attached hydrogens (tertiary/aromatic N) is 2. The van der Waals surface area contributed by atoms with Crippen molar-refractivity contribution in [1.29, 1.82) is 0 Å². The number of halogens is 1. The minimum atomic E-state index is -0.118. The number of hydrogen-bond donors (Lipinski definition) is 2. The number of rotatable bonds is 4. The van der Waals surface area contributed by atoms with E-state index in [0.717, 1.165) is 60.2 Å². The van der Waals surface area contributed by atoms with Crippen LogP contribution in [-0.4, -0.2) is 27.0 Å². The number of fused-ring (bicyclic) bond motifs is 1. The Morgan fingerprint density at radius 3 is 2.76 bits per heavy atom. The molecule has 0 bridgehead atoms. The summed E-state index contributed by atoms with van der Waals surface area (Å²) in [5, 5.41) is 18.9. The van der Waals surface area contributed by atoms with Crippen molar-refractivity contribution in [3.63, 3.8) is 0 Å². The molecule has 0 unspecified atom stereocenters. The average Bonchev–Trinajstić information content (AvgIpc) is 3.17. The van der Waals surface area contributed by atoms with Crippen LogP contribution >= 0.6 is 12.4 Å². The van der Waals surface area contributed by atoms with E-state index in [9.17, 15) is 5.11 Å². The summed E-state index contributed by atoms with van der Waals surface area (Å²) in [4.78, 5) is 0. The molecule has 2 N–H and O–H groups in total. The van der Waals surface area contributed by atoms with Crippen molar-refractivity contribution in [3.05, 3.63) is 42.1 Å². The van der Waals surface area contributed by atoms with Gasteiger partial charge in [0.15, 0.2) is 5.76 Å². The third-order valence-electron chi connectivity index (χ3n) is 4.84. The summed E-state index contributed by atoms with van der Waals surface area (Å²) < 4.78 is 7.81. The van der Waals surface area contributed by atoms with Crippen LogP contribution in [0.4, 0.5) is 0 Å². The highest BCUT2D eigenvalue weighted by molar-refractivity contribution is 5.85. The molecule has 3 aromatic rings. The summed E-state index contributed by atoms with van der Waals surface area (Å²) in [6, 6.07) is 10.5. The molecule has 2 heterocycles. The van der Waals surface area contributed by atoms with Gasteiger partial charge in [-0.15, -0.1) is 12.4 Å². The lowest BCUT2D eigenvalue weighted by Gasteiger charge is -2.26. The fraction of sp³-hybridized carbons (Fsp3) is 0.421. The number of para-hydroxylation sites is 1. The Morgan fingerprint density at radius 1 is 1.24 bits per heavy atom. The number of aliphatic hydroxyl groups excluding tert-OH is 1. The first-order valence-corrected chi connectivity index (χ1v) is 8.62. The van der Waals surface area contributed by atoms with E-state index >= 15 is 0 Å². The predicted molar refractivity (Wildman–Crippen MR) is 101 cm³/mol. The van der Waals surface area contributed by atoms with Gasteiger partial charge >= 0.3 is 0 Å². The lowest BCUT2D eigenvalue weighted by Crippen LogP contribution is -2.34. The van der Waals surface area contributed by atoms with Crippen LogP contribution in [0.3, 0.4) is 0 Å². The summed E-state index contributed by atoms with van der Waals surface area (Å²) in [6.45, 7) is 0.765. The van der Waals surface area contributed by atoms with Crippen molar-refractivity contribution < 1.29 is 9.52 Å². The second kappa shape index (κ2) is 7.60. The van der Waals surface area contributed by atoms with Gasteiger partial charge in [0.2, 0.25) is 0 Å². The number of furan rings is 1. The van der Waals surface area contributed by atoms with Gasteiger partial charge in [0.25, 0.3) is 0 Å². The molecular formula is C19H24ClN3O2. The number of aliphatic hydroxyl groups is 1. The first kappa shape index (κ1) is 18.0. The molecule has 0 amide bonds. The Bertz CT molecular complexity index is 801. The molecule has 0 atom stereocenters. The first-order chi connectivity index (χ1) is 11.7. The SMILES string of the molecule is Cl.Cn1cc(CNC2CCC(O)CC2)c(-c2cc3ccccc3o2)n1. The van der Waals surface area contributed by atoms with Crippen molar-refractivity contribution in [2.75, 3.05) is 0 Å². The lowest BCUT2D eigenvalue weighted by molar-refractivity contribution is 0.116. The van der Waals surface area contributed by atoms with Crippen LogP contribution in [0.2, 0.25) is 0 Å². The number of hydrogen-bond acceptors (Lipinski definition) is 4. The van der Waals surface area contributed by atoms with Crippen molar-refractivity contribution in [2.45, 2.75) is 44.4 Å². The quantitative estimate of drug-likeness (QED) is 0.744. The fourth-order valence-electron chi connectivity index (χ4n) is 3.51. The van der Waals surface area contributed by atoms with Crippen LogP contribution in [-0.2, 0) is 13.6 Å². The third kappa shape index (κ3) is 3.89. The molecular weight excluding hydrogens is 338 g/mol. The van der Waals surface area contributed by atoms with E-state index in [-0.39, 0.29) is 18.5 Å². The highest BCUT2D eigenvalue weighted by atomic mass is 35.5. The number of aromatic nitrogens is 2. The molecule has 5 nitrogen and oxygen atoms in total. The standard InChI is InChI=1S/C19H23N3O2.ClH/c1-22-12-14(11-20-15-6-8-16(23)9-7-15)19(21-22)18-10-13-4-2-3-5-17(13)24-18;/h2-5,10,12,15-16,20,23H,6-9,11H2,1H3;1H. The molecule has 0 radical (unpaired) electrons. The lowest BCUT2D eigenvalue weighted by atomic mass is 9.93. The molecule has 0 saturated heterocycles. The molecule has 0 aliphatic heterocycles. The molecule has 1 fully saturated rings. The van der Waals surface area contributed by atoms with Crippen molar-refractivity contribution in [2.24, 2.45) is 7.05 Å². The minimum Gasteiger partial charge on any atom is -0.454 e. The van der Waals surface area contributed by atoms with E-state index in [2.05, 4.69) is 22.5 Å². The Morgan fingerprint density at radius 2 is 2.00 bits per heavy atom. The van der Waals surface area contributed by atoms with Gasteiger partial charge in [-0.05, 0) is 37.8 Å². The maximum Gasteiger partial charge on any atom is 0.156 e. The Hall–Kier alpha value is -1.82. The molecule has 1 aliphatic carbocycles. The smallest absolute Gasteiger partial charge is 0.156 e. The molecule has 1 aromatic carbocycles. The highest BCUT2D eigenvalue weighted by Gasteiger charge is 2.20. The van der Waals surface area contributed by atoms with Crippen LogP contribution in [0.5, 0.6) is 0 Å². The van der Waals surface area contributed by atoms with Crippen LogP contribution in [0.25, 0.3) is 22.4 Å². The first-order valence-electron chi connectivity index (χ1n) is 8.62. The van der Waals surface area contributed by atoms with Crippen LogP contribution in [0.15, 0.2) is 40.9 Å². The second-order valence-corrected chi connectivity index (χ2v) is 6.71. The van der Waals surface area contributed by atoms with Gasteiger partial charge in [0, 0.05) is 36.8 Å². The normalized spacial score (nSPS) is 20.6. The zero-order valence-corrected chi connectivity index (χ0v) is 15.1. The molecule has 0 spiro atoms. The summed E-state index contributed by atoms with van der Waals surface area (Å²) in [5.74, 6) is 0.813. The number of aryl methyl sites for hydroxylation is 1. The van der Waals surface area contributed by atoms with E-state index in [1.807, 2.05) is 36.1 Å². The Kier molecular flexibility index (Phi) is 5.47. The van der Waals surface area contributed by atoms with E-state index in [1.165, 1.54) is 0 Å². The maximum absolute atomic E-state index is 9.62. The molecule has 2 aromatic heterocycles. The minimum absolute atomic E-state index is 0. The predicted octanol–water partition coefficient (Wildman–Crippen LogP) is 3.65. The molecule has 25 heavy (non-hydrogen) atoms. The van der Waals surface area contributed by atoms with Crippen LogP contribution in [0, 0.1) is 0 Å². The van der Waals surface area contributed by atoms with Gasteiger partial charge in [0.1, 0.15) is 11.3 Å². The summed E-state index contributed by atoms with van der Waals surface area (Å²) >= 11 is 0. The third-order valence-corrected chi connectivity index (χ3v) is 4.84. The van der Waals surface area contributed by atoms with Gasteiger partial charge in [-0.2, -0.15) is 5.10 Å². The van der Waals surface area contributed by atoms with E-state index in [1.54, 1.807) is 0 Å². The number of benzene rings is 1. The van der Waals surface area contributed by atoms with Crippen LogP contribution < -0.4 is 5.32 Å². The summed E-state index contributed by atoms with van der Waals surface area (Å²) in [6.07, 6.45) is 5.77. The van der Waals surface area contributed by atoms with E-state index in [0.29, 0.717) is 6.04 Å². The van der Waals surface area contributed by atoms with E-state index in [4.69, 9.17) is 4.42 Å². The molecule has 4 rings (SSSR count). The monoisotopic (exact) mass is 361 g/mol. The van der Waals surface area contributed by atoms with Gasteiger partial charge in [0.05, 0.1) is 6.10 Å². The van der Waals surface area contributed by atoms with Gasteiger partial charge in [-0.25, -0.2) is 0 Å². The van der Waals surface area contributed by atoms with Gasteiger partial charge < -0.3 is 14.8 Å². The summed E-state index contributed by atoms with van der Waals surface area (Å²) in [7, 11) is 1.94. The van der Waals surface area contributed by atoms with Gasteiger partial charge in [-0.1, -0.05) is 18.2 Å². The highest BCUT2D eigenvalue weighted by Crippen LogP contribution is 2.29. The Labute approximate surface area is 153 Å². The van der Waals surface area contributed by atoms with Gasteiger partial charge in [-0.3, -0.25) is 4.68 Å². The van der Waals surface area contributed by atoms with E-state index < -0.39 is 0 Å². The molecule has 1 aliphatic rings. The second-order valence-electron chi connectivity index (χ2n) is 6.71. The number of nitrogens with one attached hydrogen (secondary N) is 1. The molecule has 134 valence electrons. The zero-order valence-electron chi connectivity index (χ0n) is 14.3. The summed E-state index contributed by atoms with van der Waals surface area (Å²) in [5.41, 5.74) is 2.93. The molecule has 1 saturated carbocycles. The fourth-order valence-corrected chi connectivity index (χ4v) is 3.51. The van der Waals surface area contributed by atoms with Crippen molar-refractivity contribution in [1.82, 2.24) is 15.1 Å². The van der Waals surface area contributed by atoms with Crippen molar-refractivity contribution >= 4 is 23.4 Å². The Balaban J connectivity index is 0.00000182. The largest absolute Gasteiger partial charge is 0.454 e.